The quantitative estimate of drug-likeness (QED) is 0.686. The van der Waals surface area contributed by atoms with Gasteiger partial charge < -0.3 is 10.1 Å². The van der Waals surface area contributed by atoms with Crippen molar-refractivity contribution in [3.8, 4) is 0 Å². The molecule has 0 saturated heterocycles. The van der Waals surface area contributed by atoms with Crippen LogP contribution >= 0.6 is 0 Å². The minimum Gasteiger partial charge on any atom is -0.496 e. The number of ether oxygens (including phenoxy) is 1. The van der Waals surface area contributed by atoms with E-state index in [-0.39, 0.29) is 11.9 Å². The van der Waals surface area contributed by atoms with E-state index in [1.54, 1.807) is 0 Å². The maximum absolute atomic E-state index is 11.0. The Labute approximate surface area is 72.8 Å². The van der Waals surface area contributed by atoms with Crippen LogP contribution in [0.4, 0.5) is 0 Å². The number of hydrogen-bond donors (Lipinski definition) is 1. The van der Waals surface area contributed by atoms with Crippen LogP contribution in [0, 0.1) is 5.92 Å². The Kier molecular flexibility index (Phi) is 2.74. The summed E-state index contributed by atoms with van der Waals surface area (Å²) in [4.78, 5) is 11.0. The molecule has 68 valence electrons. The molecule has 0 saturated carbocycles. The summed E-state index contributed by atoms with van der Waals surface area (Å²) in [5, 5.41) is 2.83. The lowest BCUT2D eigenvalue weighted by atomic mass is 10.0. The largest absolute Gasteiger partial charge is 0.496 e. The van der Waals surface area contributed by atoms with Gasteiger partial charge in [-0.2, -0.15) is 0 Å². The van der Waals surface area contributed by atoms with Gasteiger partial charge in [-0.15, -0.1) is 0 Å². The molecule has 1 atom stereocenters. The first-order valence-electron chi connectivity index (χ1n) is 4.30. The fourth-order valence-corrected chi connectivity index (χ4v) is 1.28. The maximum Gasteiger partial charge on any atom is 0.248 e. The summed E-state index contributed by atoms with van der Waals surface area (Å²) in [7, 11) is 0. The molecule has 1 rings (SSSR count). The molecule has 1 amide bonds. The van der Waals surface area contributed by atoms with Crippen molar-refractivity contribution in [3.05, 3.63) is 11.8 Å². The van der Waals surface area contributed by atoms with Crippen LogP contribution in [0.15, 0.2) is 11.8 Å². The fraction of sp³-hybridized carbons (Fsp3) is 0.667. The Balaban J connectivity index is 2.66. The molecule has 0 unspecified atom stereocenters. The molecule has 0 aromatic carbocycles. The Hall–Kier alpha value is -0.990. The van der Waals surface area contributed by atoms with Crippen LogP contribution in [0.3, 0.4) is 0 Å². The van der Waals surface area contributed by atoms with Crippen molar-refractivity contribution in [2.75, 3.05) is 6.61 Å². The van der Waals surface area contributed by atoms with Crippen LogP contribution in [-0.4, -0.2) is 18.6 Å². The van der Waals surface area contributed by atoms with Crippen molar-refractivity contribution < 1.29 is 9.53 Å². The first kappa shape index (κ1) is 9.10. The monoisotopic (exact) mass is 169 g/mol. The van der Waals surface area contributed by atoms with Crippen molar-refractivity contribution in [1.29, 1.82) is 0 Å². The molecule has 0 bridgehead atoms. The second-order valence-corrected chi connectivity index (χ2v) is 3.21. The number of carbonyl (C=O) groups is 1. The highest BCUT2D eigenvalue weighted by Crippen LogP contribution is 2.17. The van der Waals surface area contributed by atoms with Gasteiger partial charge in [-0.25, -0.2) is 0 Å². The number of nitrogens with one attached hydrogen (secondary N) is 1. The van der Waals surface area contributed by atoms with E-state index >= 15 is 0 Å². The highest BCUT2D eigenvalue weighted by molar-refractivity contribution is 5.91. The van der Waals surface area contributed by atoms with Gasteiger partial charge in [-0.05, 0) is 12.8 Å². The van der Waals surface area contributed by atoms with Gasteiger partial charge in [0, 0.05) is 6.08 Å². The highest BCUT2D eigenvalue weighted by Gasteiger charge is 2.27. The predicted molar refractivity (Wildman–Crippen MR) is 46.5 cm³/mol. The van der Waals surface area contributed by atoms with Gasteiger partial charge in [0.2, 0.25) is 5.91 Å². The van der Waals surface area contributed by atoms with Crippen molar-refractivity contribution in [3.63, 3.8) is 0 Å². The molecule has 1 aliphatic heterocycles. The molecule has 0 aliphatic carbocycles. The highest BCUT2D eigenvalue weighted by atomic mass is 16.5. The molecule has 3 heteroatoms. The zero-order valence-electron chi connectivity index (χ0n) is 7.76. The number of amides is 1. The van der Waals surface area contributed by atoms with Gasteiger partial charge in [0.1, 0.15) is 5.76 Å². The maximum atomic E-state index is 11.0. The average Bonchev–Trinajstić information content (AvgIpc) is 2.32. The summed E-state index contributed by atoms with van der Waals surface area (Å²) in [5.74, 6) is 1.11. The Bertz CT molecular complexity index is 209. The third-order valence-corrected chi connectivity index (χ3v) is 1.86. The molecule has 1 N–H and O–H groups in total. The van der Waals surface area contributed by atoms with Crippen LogP contribution < -0.4 is 5.32 Å². The Morgan fingerprint density at radius 1 is 1.67 bits per heavy atom. The van der Waals surface area contributed by atoms with E-state index in [1.165, 1.54) is 6.08 Å². The SMILES string of the molecule is CCOC1=CC(=O)N[C@H]1C(C)C. The van der Waals surface area contributed by atoms with Crippen LogP contribution in [0.5, 0.6) is 0 Å². The third kappa shape index (κ3) is 1.78. The van der Waals surface area contributed by atoms with E-state index in [2.05, 4.69) is 19.2 Å². The smallest absolute Gasteiger partial charge is 0.248 e. The topological polar surface area (TPSA) is 38.3 Å². The number of hydrogen-bond acceptors (Lipinski definition) is 2. The van der Waals surface area contributed by atoms with Crippen molar-refractivity contribution >= 4 is 5.91 Å². The fourth-order valence-electron chi connectivity index (χ4n) is 1.28. The van der Waals surface area contributed by atoms with Crippen LogP contribution in [-0.2, 0) is 9.53 Å². The van der Waals surface area contributed by atoms with Crippen molar-refractivity contribution in [1.82, 2.24) is 5.32 Å². The number of carbonyl (C=O) groups excluding carboxylic acids is 1. The first-order valence-corrected chi connectivity index (χ1v) is 4.30. The van der Waals surface area contributed by atoms with E-state index in [9.17, 15) is 4.79 Å². The lowest BCUT2D eigenvalue weighted by molar-refractivity contribution is -0.116. The van der Waals surface area contributed by atoms with Crippen LogP contribution in [0.25, 0.3) is 0 Å². The zero-order chi connectivity index (χ0) is 9.14. The Morgan fingerprint density at radius 3 is 2.83 bits per heavy atom. The number of rotatable bonds is 3. The Morgan fingerprint density at radius 2 is 2.33 bits per heavy atom. The second-order valence-electron chi connectivity index (χ2n) is 3.21. The van der Waals surface area contributed by atoms with Gasteiger partial charge in [0.15, 0.2) is 0 Å². The van der Waals surface area contributed by atoms with Crippen LogP contribution in [0.1, 0.15) is 20.8 Å². The third-order valence-electron chi connectivity index (χ3n) is 1.86. The minimum absolute atomic E-state index is 0.0443. The molecule has 12 heavy (non-hydrogen) atoms. The average molecular weight is 169 g/mol. The zero-order valence-corrected chi connectivity index (χ0v) is 7.76. The van der Waals surface area contributed by atoms with Crippen molar-refractivity contribution in [2.45, 2.75) is 26.8 Å². The molecule has 3 nitrogen and oxygen atoms in total. The van der Waals surface area contributed by atoms with E-state index in [1.807, 2.05) is 6.92 Å². The van der Waals surface area contributed by atoms with Crippen LogP contribution in [0.2, 0.25) is 0 Å². The van der Waals surface area contributed by atoms with E-state index in [0.29, 0.717) is 12.5 Å². The summed E-state index contributed by atoms with van der Waals surface area (Å²) in [6.07, 6.45) is 1.54. The normalized spacial score (nSPS) is 22.5. The molecule has 1 aliphatic rings. The lowest BCUT2D eigenvalue weighted by Gasteiger charge is -2.18. The van der Waals surface area contributed by atoms with E-state index in [4.69, 9.17) is 4.74 Å². The summed E-state index contributed by atoms with van der Waals surface area (Å²) < 4.78 is 5.32. The van der Waals surface area contributed by atoms with Gasteiger partial charge in [-0.3, -0.25) is 4.79 Å². The summed E-state index contributed by atoms with van der Waals surface area (Å²) in [5.41, 5.74) is 0. The molecule has 0 fully saturated rings. The minimum atomic E-state index is -0.0443. The molecular formula is C9H15NO2. The molecule has 0 aromatic heterocycles. The second kappa shape index (κ2) is 3.61. The standard InChI is InChI=1S/C9H15NO2/c1-4-12-7-5-8(11)10-9(7)6(2)3/h5-6,9H,4H2,1-3H3,(H,10,11)/t9-/m0/s1. The van der Waals surface area contributed by atoms with Crippen molar-refractivity contribution in [2.24, 2.45) is 5.92 Å². The van der Waals surface area contributed by atoms with E-state index in [0.717, 1.165) is 5.76 Å². The molecular weight excluding hydrogens is 154 g/mol. The molecule has 1 heterocycles. The van der Waals surface area contributed by atoms with Gasteiger partial charge in [-0.1, -0.05) is 13.8 Å². The molecule has 0 spiro atoms. The van der Waals surface area contributed by atoms with E-state index < -0.39 is 0 Å². The molecule has 0 aromatic rings. The van der Waals surface area contributed by atoms with Gasteiger partial charge >= 0.3 is 0 Å². The summed E-state index contributed by atoms with van der Waals surface area (Å²) >= 11 is 0. The lowest BCUT2D eigenvalue weighted by Crippen LogP contribution is -2.33. The summed E-state index contributed by atoms with van der Waals surface area (Å²) in [6, 6.07) is 0.0671. The van der Waals surface area contributed by atoms with Gasteiger partial charge in [0.25, 0.3) is 0 Å². The molecule has 0 radical (unpaired) electrons. The van der Waals surface area contributed by atoms with Gasteiger partial charge in [0.05, 0.1) is 12.6 Å². The predicted octanol–water partition coefficient (Wildman–Crippen LogP) is 1.06. The first-order chi connectivity index (χ1) is 5.65. The summed E-state index contributed by atoms with van der Waals surface area (Å²) in [6.45, 7) is 6.65.